The van der Waals surface area contributed by atoms with Gasteiger partial charge in [-0.05, 0) is 43.4 Å². The Morgan fingerprint density at radius 2 is 1.86 bits per heavy atom. The molecule has 3 amide bonds. The van der Waals surface area contributed by atoms with Crippen LogP contribution >= 0.6 is 0 Å². The van der Waals surface area contributed by atoms with Crippen molar-refractivity contribution in [2.24, 2.45) is 0 Å². The maximum absolute atomic E-state index is 13.4. The van der Waals surface area contributed by atoms with E-state index in [9.17, 15) is 14.4 Å². The fourth-order valence-electron chi connectivity index (χ4n) is 4.81. The summed E-state index contributed by atoms with van der Waals surface area (Å²) in [4.78, 5) is 43.5. The van der Waals surface area contributed by atoms with E-state index in [0.717, 1.165) is 45.5 Å². The van der Waals surface area contributed by atoms with Crippen molar-refractivity contribution in [3.8, 4) is 0 Å². The maximum atomic E-state index is 13.4. The molecule has 2 N–H and O–H groups in total. The zero-order valence-electron chi connectivity index (χ0n) is 16.1. The number of Topliss-reactive ketones (excluding diaryl/α,β-unsaturated/α-hetero) is 1. The van der Waals surface area contributed by atoms with Crippen LogP contribution in [0, 0.1) is 6.92 Å². The highest BCUT2D eigenvalue weighted by molar-refractivity contribution is 6.15. The number of para-hydroxylation sites is 1. The first kappa shape index (κ1) is 17.7. The van der Waals surface area contributed by atoms with E-state index in [2.05, 4.69) is 10.3 Å². The molecular formula is C23H21N3O3. The number of aromatic nitrogens is 1. The summed E-state index contributed by atoms with van der Waals surface area (Å²) in [5, 5.41) is 3.71. The van der Waals surface area contributed by atoms with Crippen LogP contribution in [0.1, 0.15) is 40.0 Å². The molecule has 1 saturated heterocycles. The summed E-state index contributed by atoms with van der Waals surface area (Å²) in [5.74, 6) is -0.579. The van der Waals surface area contributed by atoms with Crippen molar-refractivity contribution in [2.45, 2.75) is 31.7 Å². The third kappa shape index (κ3) is 2.52. The number of imide groups is 1. The van der Waals surface area contributed by atoms with Gasteiger partial charge in [-0.3, -0.25) is 14.5 Å². The molecular weight excluding hydrogens is 366 g/mol. The molecule has 1 aliphatic heterocycles. The van der Waals surface area contributed by atoms with E-state index in [1.807, 2.05) is 55.5 Å². The first-order chi connectivity index (χ1) is 14.0. The van der Waals surface area contributed by atoms with E-state index in [4.69, 9.17) is 0 Å². The Kier molecular flexibility index (Phi) is 3.84. The average Bonchev–Trinajstić information content (AvgIpc) is 3.17. The first-order valence-electron chi connectivity index (χ1n) is 9.84. The number of hydrogen-bond donors (Lipinski definition) is 2. The van der Waals surface area contributed by atoms with Crippen LogP contribution in [0.15, 0.2) is 48.5 Å². The van der Waals surface area contributed by atoms with Crippen LogP contribution in [-0.4, -0.2) is 34.2 Å². The second-order valence-electron chi connectivity index (χ2n) is 7.83. The SMILES string of the molecule is Cc1[nH]c2ccccc2c1C(=O)CN1C(=O)N[C@]2(CCCc3ccccc32)C1=O. The van der Waals surface area contributed by atoms with Crippen LogP contribution in [0.25, 0.3) is 10.9 Å². The number of fused-ring (bicyclic) bond motifs is 3. The van der Waals surface area contributed by atoms with Gasteiger partial charge in [-0.1, -0.05) is 42.5 Å². The Bertz CT molecular complexity index is 1180. The van der Waals surface area contributed by atoms with Gasteiger partial charge in [0.1, 0.15) is 5.54 Å². The Hall–Kier alpha value is -3.41. The molecule has 0 unspecified atom stereocenters. The van der Waals surface area contributed by atoms with Gasteiger partial charge in [-0.2, -0.15) is 0 Å². The zero-order valence-corrected chi connectivity index (χ0v) is 16.1. The number of amides is 3. The van der Waals surface area contributed by atoms with Gasteiger partial charge in [0.25, 0.3) is 5.91 Å². The molecule has 29 heavy (non-hydrogen) atoms. The van der Waals surface area contributed by atoms with Crippen molar-refractivity contribution in [3.05, 3.63) is 70.9 Å². The monoisotopic (exact) mass is 387 g/mol. The van der Waals surface area contributed by atoms with Gasteiger partial charge in [-0.25, -0.2) is 4.79 Å². The van der Waals surface area contributed by atoms with Crippen molar-refractivity contribution >= 4 is 28.6 Å². The van der Waals surface area contributed by atoms with Crippen molar-refractivity contribution < 1.29 is 14.4 Å². The summed E-state index contributed by atoms with van der Waals surface area (Å²) in [5.41, 5.74) is 3.01. The van der Waals surface area contributed by atoms with E-state index in [0.29, 0.717) is 12.0 Å². The topological polar surface area (TPSA) is 82.3 Å². The van der Waals surface area contributed by atoms with E-state index in [1.165, 1.54) is 0 Å². The van der Waals surface area contributed by atoms with Crippen molar-refractivity contribution in [3.63, 3.8) is 0 Å². The number of carbonyl (C=O) groups excluding carboxylic acids is 3. The molecule has 2 heterocycles. The predicted molar refractivity (Wildman–Crippen MR) is 109 cm³/mol. The fourth-order valence-corrected chi connectivity index (χ4v) is 4.81. The molecule has 6 heteroatoms. The molecule has 146 valence electrons. The summed E-state index contributed by atoms with van der Waals surface area (Å²) in [6, 6.07) is 14.8. The highest BCUT2D eigenvalue weighted by atomic mass is 16.2. The second kappa shape index (κ2) is 6.30. The standard InChI is InChI=1S/C23H21N3O3/c1-14-20(16-9-3-5-11-18(16)24-14)19(27)13-26-21(28)23(25-22(26)29)12-6-8-15-7-2-4-10-17(15)23/h2-5,7,9-11,24H,6,8,12-13H2,1H3,(H,25,29)/t23-/m0/s1. The molecule has 0 bridgehead atoms. The van der Waals surface area contributed by atoms with Crippen molar-refractivity contribution in [1.29, 1.82) is 0 Å². The Morgan fingerprint density at radius 3 is 2.72 bits per heavy atom. The third-order valence-corrected chi connectivity index (χ3v) is 6.12. The highest BCUT2D eigenvalue weighted by Gasteiger charge is 2.54. The van der Waals surface area contributed by atoms with E-state index < -0.39 is 11.6 Å². The molecule has 6 nitrogen and oxygen atoms in total. The number of urea groups is 1. The summed E-state index contributed by atoms with van der Waals surface area (Å²) in [7, 11) is 0. The number of ketones is 1. The molecule has 1 spiro atoms. The highest BCUT2D eigenvalue weighted by Crippen LogP contribution is 2.40. The van der Waals surface area contributed by atoms with Gasteiger partial charge >= 0.3 is 6.03 Å². The zero-order chi connectivity index (χ0) is 20.2. The fraction of sp³-hybridized carbons (Fsp3) is 0.261. The first-order valence-corrected chi connectivity index (χ1v) is 9.84. The lowest BCUT2D eigenvalue weighted by Crippen LogP contribution is -2.46. The normalized spacial score (nSPS) is 20.9. The van der Waals surface area contributed by atoms with Crippen LogP contribution < -0.4 is 5.32 Å². The Balaban J connectivity index is 1.49. The summed E-state index contributed by atoms with van der Waals surface area (Å²) >= 11 is 0. The Morgan fingerprint density at radius 1 is 1.10 bits per heavy atom. The van der Waals surface area contributed by atoms with Gasteiger partial charge in [-0.15, -0.1) is 0 Å². The number of aryl methyl sites for hydroxylation is 2. The molecule has 2 aromatic carbocycles. The minimum atomic E-state index is -1.05. The predicted octanol–water partition coefficient (Wildman–Crippen LogP) is 3.44. The molecule has 1 atom stereocenters. The molecule has 1 aliphatic carbocycles. The molecule has 5 rings (SSSR count). The molecule has 0 saturated carbocycles. The summed E-state index contributed by atoms with van der Waals surface area (Å²) in [6.07, 6.45) is 2.24. The lowest BCUT2D eigenvalue weighted by Gasteiger charge is -2.33. The van der Waals surface area contributed by atoms with Gasteiger partial charge in [0.05, 0.1) is 6.54 Å². The number of rotatable bonds is 3. The van der Waals surface area contributed by atoms with E-state index >= 15 is 0 Å². The number of carbonyl (C=O) groups is 3. The summed E-state index contributed by atoms with van der Waals surface area (Å²) in [6.45, 7) is 1.56. The maximum Gasteiger partial charge on any atom is 0.325 e. The third-order valence-electron chi connectivity index (χ3n) is 6.12. The lowest BCUT2D eigenvalue weighted by atomic mass is 9.76. The van der Waals surface area contributed by atoms with Crippen LogP contribution in [0.2, 0.25) is 0 Å². The molecule has 2 aliphatic rings. The molecule has 1 fully saturated rings. The average molecular weight is 387 g/mol. The molecule has 0 radical (unpaired) electrons. The number of nitrogens with zero attached hydrogens (tertiary/aromatic N) is 1. The van der Waals surface area contributed by atoms with Gasteiger partial charge in [0.15, 0.2) is 5.78 Å². The minimum Gasteiger partial charge on any atom is -0.358 e. The van der Waals surface area contributed by atoms with Crippen LogP contribution in [0.5, 0.6) is 0 Å². The van der Waals surface area contributed by atoms with Gasteiger partial charge < -0.3 is 10.3 Å². The number of hydrogen-bond acceptors (Lipinski definition) is 3. The lowest BCUT2D eigenvalue weighted by molar-refractivity contribution is -0.131. The quantitative estimate of drug-likeness (QED) is 0.533. The van der Waals surface area contributed by atoms with Gasteiger partial charge in [0.2, 0.25) is 0 Å². The summed E-state index contributed by atoms with van der Waals surface area (Å²) < 4.78 is 0. The van der Waals surface area contributed by atoms with Crippen LogP contribution in [-0.2, 0) is 16.8 Å². The number of nitrogens with one attached hydrogen (secondary N) is 2. The van der Waals surface area contributed by atoms with E-state index in [1.54, 1.807) is 0 Å². The van der Waals surface area contributed by atoms with Gasteiger partial charge in [0, 0.05) is 22.2 Å². The molecule has 1 aromatic heterocycles. The molecule has 3 aromatic rings. The number of aromatic amines is 1. The van der Waals surface area contributed by atoms with Crippen molar-refractivity contribution in [2.75, 3.05) is 6.54 Å². The number of H-pyrrole nitrogens is 1. The van der Waals surface area contributed by atoms with Crippen LogP contribution in [0.4, 0.5) is 4.79 Å². The van der Waals surface area contributed by atoms with Crippen molar-refractivity contribution in [1.82, 2.24) is 15.2 Å². The van der Waals surface area contributed by atoms with E-state index in [-0.39, 0.29) is 18.2 Å². The smallest absolute Gasteiger partial charge is 0.325 e. The van der Waals surface area contributed by atoms with Crippen LogP contribution in [0.3, 0.4) is 0 Å². The second-order valence-corrected chi connectivity index (χ2v) is 7.83. The largest absolute Gasteiger partial charge is 0.358 e. The number of benzene rings is 2. The minimum absolute atomic E-state index is 0.246. The Labute approximate surface area is 167 Å².